The molecule has 110 valence electrons. The van der Waals surface area contributed by atoms with Crippen LogP contribution < -0.4 is 5.32 Å². The van der Waals surface area contributed by atoms with E-state index < -0.39 is 0 Å². The van der Waals surface area contributed by atoms with E-state index in [0.717, 1.165) is 17.0 Å². The van der Waals surface area contributed by atoms with Gasteiger partial charge in [0.1, 0.15) is 0 Å². The van der Waals surface area contributed by atoms with E-state index in [-0.39, 0.29) is 5.91 Å². The van der Waals surface area contributed by atoms with Crippen molar-refractivity contribution in [2.24, 2.45) is 5.41 Å². The van der Waals surface area contributed by atoms with Gasteiger partial charge in [0.15, 0.2) is 0 Å². The Morgan fingerprint density at radius 1 is 1.35 bits per heavy atom. The summed E-state index contributed by atoms with van der Waals surface area (Å²) in [6.45, 7) is 6.53. The number of nitrogens with one attached hydrogen (secondary N) is 1. The molecule has 2 aliphatic rings. The Labute approximate surface area is 125 Å². The number of carbonyl (C=O) groups excluding carboxylic acids is 1. The van der Waals surface area contributed by atoms with Crippen molar-refractivity contribution in [1.29, 1.82) is 0 Å². The minimum atomic E-state index is 0.113. The molecule has 2 heterocycles. The third-order valence-electron chi connectivity index (χ3n) is 4.66. The Bertz CT molecular complexity index is 473. The summed E-state index contributed by atoms with van der Waals surface area (Å²) in [7, 11) is 0. The zero-order chi connectivity index (χ0) is 14.0. The fourth-order valence-electron chi connectivity index (χ4n) is 3.11. The summed E-state index contributed by atoms with van der Waals surface area (Å²) in [6, 6.07) is 2.01. The molecule has 3 nitrogen and oxygen atoms in total. The SMILES string of the molecule is Cc1ccsc1C(=O)NCC1(CN2CCCCC2)CC1. The normalized spacial score (nSPS) is 21.6. The van der Waals surface area contributed by atoms with E-state index in [2.05, 4.69) is 10.2 Å². The zero-order valence-corrected chi connectivity index (χ0v) is 13.1. The van der Waals surface area contributed by atoms with Crippen molar-refractivity contribution in [2.75, 3.05) is 26.2 Å². The van der Waals surface area contributed by atoms with Crippen LogP contribution in [0.5, 0.6) is 0 Å². The number of hydrogen-bond donors (Lipinski definition) is 1. The lowest BCUT2D eigenvalue weighted by atomic mass is 10.0. The van der Waals surface area contributed by atoms with Crippen LogP contribution in [0.4, 0.5) is 0 Å². The van der Waals surface area contributed by atoms with Gasteiger partial charge in [0, 0.05) is 18.5 Å². The molecule has 0 spiro atoms. The molecule has 1 aromatic rings. The summed E-state index contributed by atoms with van der Waals surface area (Å²) in [4.78, 5) is 15.6. The van der Waals surface area contributed by atoms with Crippen molar-refractivity contribution < 1.29 is 4.79 Å². The van der Waals surface area contributed by atoms with E-state index in [4.69, 9.17) is 0 Å². The second-order valence-corrected chi connectivity index (χ2v) is 7.37. The number of piperidine rings is 1. The number of carbonyl (C=O) groups is 1. The molecule has 1 aliphatic heterocycles. The lowest BCUT2D eigenvalue weighted by Crippen LogP contribution is -2.40. The van der Waals surface area contributed by atoms with Crippen molar-refractivity contribution in [1.82, 2.24) is 10.2 Å². The third-order valence-corrected chi connectivity index (χ3v) is 5.67. The topological polar surface area (TPSA) is 32.3 Å². The standard InChI is InChI=1S/C16H24N2OS/c1-13-5-10-20-14(13)15(19)17-11-16(6-7-16)12-18-8-3-2-4-9-18/h5,10H,2-4,6-9,11-12H2,1H3,(H,17,19). The Kier molecular flexibility index (Phi) is 4.13. The Morgan fingerprint density at radius 3 is 2.70 bits per heavy atom. The molecule has 1 saturated carbocycles. The van der Waals surface area contributed by atoms with Crippen molar-refractivity contribution in [3.05, 3.63) is 21.9 Å². The van der Waals surface area contributed by atoms with Crippen LogP contribution in [0, 0.1) is 12.3 Å². The molecular weight excluding hydrogens is 268 g/mol. The molecule has 3 rings (SSSR count). The molecule has 1 aromatic heterocycles. The fourth-order valence-corrected chi connectivity index (χ4v) is 3.95. The maximum absolute atomic E-state index is 12.2. The average molecular weight is 292 g/mol. The quantitative estimate of drug-likeness (QED) is 0.904. The maximum atomic E-state index is 12.2. The Balaban J connectivity index is 1.50. The molecule has 0 radical (unpaired) electrons. The van der Waals surface area contributed by atoms with E-state index in [1.165, 1.54) is 51.7 Å². The van der Waals surface area contributed by atoms with Crippen LogP contribution in [0.2, 0.25) is 0 Å². The van der Waals surface area contributed by atoms with Crippen LogP contribution in [-0.4, -0.2) is 37.0 Å². The highest BCUT2D eigenvalue weighted by molar-refractivity contribution is 7.12. The van der Waals surface area contributed by atoms with Crippen molar-refractivity contribution in [2.45, 2.75) is 39.0 Å². The van der Waals surface area contributed by atoms with Crippen molar-refractivity contribution in [3.63, 3.8) is 0 Å². The van der Waals surface area contributed by atoms with Crippen LogP contribution in [0.25, 0.3) is 0 Å². The largest absolute Gasteiger partial charge is 0.351 e. The van der Waals surface area contributed by atoms with E-state index in [1.54, 1.807) is 11.3 Å². The first-order valence-electron chi connectivity index (χ1n) is 7.73. The number of nitrogens with zero attached hydrogens (tertiary/aromatic N) is 1. The van der Waals surface area contributed by atoms with E-state index in [1.807, 2.05) is 18.4 Å². The summed E-state index contributed by atoms with van der Waals surface area (Å²) >= 11 is 1.54. The zero-order valence-electron chi connectivity index (χ0n) is 12.3. The lowest BCUT2D eigenvalue weighted by Gasteiger charge is -2.30. The highest BCUT2D eigenvalue weighted by Gasteiger charge is 2.44. The number of rotatable bonds is 5. The monoisotopic (exact) mass is 292 g/mol. The minimum Gasteiger partial charge on any atom is -0.351 e. The number of aryl methyl sites for hydroxylation is 1. The van der Waals surface area contributed by atoms with Gasteiger partial charge in [-0.25, -0.2) is 0 Å². The summed E-state index contributed by atoms with van der Waals surface area (Å²) in [6.07, 6.45) is 6.62. The average Bonchev–Trinajstić information content (AvgIpc) is 3.08. The molecule has 0 unspecified atom stereocenters. The molecule has 2 fully saturated rings. The molecular formula is C16H24N2OS. The first-order chi connectivity index (χ1) is 9.69. The van der Waals surface area contributed by atoms with Gasteiger partial charge < -0.3 is 10.2 Å². The second kappa shape index (κ2) is 5.86. The Morgan fingerprint density at radius 2 is 2.10 bits per heavy atom. The summed E-state index contributed by atoms with van der Waals surface area (Å²) in [5, 5.41) is 5.15. The number of likely N-dealkylation sites (tertiary alicyclic amines) is 1. The van der Waals surface area contributed by atoms with E-state index >= 15 is 0 Å². The summed E-state index contributed by atoms with van der Waals surface area (Å²) in [5.74, 6) is 0.113. The van der Waals surface area contributed by atoms with E-state index in [9.17, 15) is 4.79 Å². The first kappa shape index (κ1) is 14.1. The van der Waals surface area contributed by atoms with Crippen LogP contribution in [0.3, 0.4) is 0 Å². The molecule has 4 heteroatoms. The van der Waals surface area contributed by atoms with Gasteiger partial charge in [0.2, 0.25) is 0 Å². The molecule has 20 heavy (non-hydrogen) atoms. The Hall–Kier alpha value is -0.870. The maximum Gasteiger partial charge on any atom is 0.261 e. The number of amides is 1. The van der Waals surface area contributed by atoms with E-state index in [0.29, 0.717) is 5.41 Å². The van der Waals surface area contributed by atoms with Gasteiger partial charge in [-0.15, -0.1) is 11.3 Å². The molecule has 0 atom stereocenters. The summed E-state index contributed by atoms with van der Waals surface area (Å²) < 4.78 is 0. The van der Waals surface area contributed by atoms with Crippen LogP contribution in [-0.2, 0) is 0 Å². The minimum absolute atomic E-state index is 0.113. The van der Waals surface area contributed by atoms with Gasteiger partial charge in [0.05, 0.1) is 4.88 Å². The van der Waals surface area contributed by atoms with Crippen molar-refractivity contribution >= 4 is 17.2 Å². The van der Waals surface area contributed by atoms with Crippen LogP contribution in [0.15, 0.2) is 11.4 Å². The molecule has 1 saturated heterocycles. The number of hydrogen-bond acceptors (Lipinski definition) is 3. The highest BCUT2D eigenvalue weighted by Crippen LogP contribution is 2.46. The number of thiophene rings is 1. The van der Waals surface area contributed by atoms with Crippen molar-refractivity contribution in [3.8, 4) is 0 Å². The predicted octanol–water partition coefficient (Wildman–Crippen LogP) is 3.05. The molecule has 1 amide bonds. The van der Waals surface area contributed by atoms with Gasteiger partial charge in [-0.1, -0.05) is 6.42 Å². The molecule has 1 N–H and O–H groups in total. The van der Waals surface area contributed by atoms with Gasteiger partial charge in [-0.05, 0) is 62.7 Å². The molecule has 1 aliphatic carbocycles. The van der Waals surface area contributed by atoms with Gasteiger partial charge in [0.25, 0.3) is 5.91 Å². The molecule has 0 aromatic carbocycles. The lowest BCUT2D eigenvalue weighted by molar-refractivity contribution is 0.0939. The second-order valence-electron chi connectivity index (χ2n) is 6.45. The third kappa shape index (κ3) is 3.23. The predicted molar refractivity (Wildman–Crippen MR) is 83.3 cm³/mol. The van der Waals surface area contributed by atoms with Gasteiger partial charge in [-0.2, -0.15) is 0 Å². The smallest absolute Gasteiger partial charge is 0.261 e. The summed E-state index contributed by atoms with van der Waals surface area (Å²) in [5.41, 5.74) is 1.46. The highest BCUT2D eigenvalue weighted by atomic mass is 32.1. The van der Waals surface area contributed by atoms with Gasteiger partial charge in [-0.3, -0.25) is 4.79 Å². The molecule has 0 bridgehead atoms. The van der Waals surface area contributed by atoms with Crippen LogP contribution in [0.1, 0.15) is 47.3 Å². The fraction of sp³-hybridized carbons (Fsp3) is 0.688. The van der Waals surface area contributed by atoms with Crippen LogP contribution >= 0.6 is 11.3 Å². The first-order valence-corrected chi connectivity index (χ1v) is 8.61. The van der Waals surface area contributed by atoms with Gasteiger partial charge >= 0.3 is 0 Å².